The van der Waals surface area contributed by atoms with E-state index >= 15 is 0 Å². The van der Waals surface area contributed by atoms with E-state index in [1.54, 1.807) is 48.2 Å². The van der Waals surface area contributed by atoms with Crippen LogP contribution in [0, 0.1) is 23.6 Å². The van der Waals surface area contributed by atoms with Crippen molar-refractivity contribution < 1.29 is 13.9 Å². The van der Waals surface area contributed by atoms with Gasteiger partial charge in [-0.15, -0.1) is 0 Å². The van der Waals surface area contributed by atoms with Crippen molar-refractivity contribution in [3.63, 3.8) is 0 Å². The van der Waals surface area contributed by atoms with Crippen LogP contribution in [0.3, 0.4) is 0 Å². The maximum Gasteiger partial charge on any atom is 0.298 e. The molecule has 0 saturated carbocycles. The number of halogens is 1. The number of ether oxygens (including phenoxy) is 1. The third-order valence-electron chi connectivity index (χ3n) is 6.07. The third-order valence-corrected chi connectivity index (χ3v) is 6.07. The largest absolute Gasteiger partial charge is 0.454 e. The van der Waals surface area contributed by atoms with E-state index in [2.05, 4.69) is 22.0 Å². The first kappa shape index (κ1) is 24.5. The second-order valence-corrected chi connectivity index (χ2v) is 8.41. The maximum absolute atomic E-state index is 13.9. The first-order valence-electron chi connectivity index (χ1n) is 11.4. The number of H-pyrrole nitrogens is 1. The average Bonchev–Trinajstić information content (AvgIpc) is 3.35. The van der Waals surface area contributed by atoms with Crippen molar-refractivity contribution in [3.05, 3.63) is 87.6 Å². The number of hydrogen-bond acceptors (Lipinski definition) is 6. The van der Waals surface area contributed by atoms with E-state index < -0.39 is 5.82 Å². The van der Waals surface area contributed by atoms with Crippen LogP contribution in [-0.2, 0) is 11.2 Å². The molecule has 0 spiro atoms. The van der Waals surface area contributed by atoms with Crippen LogP contribution in [-0.4, -0.2) is 34.1 Å². The average molecular weight is 488 g/mol. The number of aromatic amines is 1. The van der Waals surface area contributed by atoms with E-state index in [-0.39, 0.29) is 29.0 Å². The van der Waals surface area contributed by atoms with Gasteiger partial charge in [-0.2, -0.15) is 5.10 Å². The summed E-state index contributed by atoms with van der Waals surface area (Å²) in [6, 6.07) is 13.0. The molecule has 1 saturated heterocycles. The first-order valence-corrected chi connectivity index (χ1v) is 11.4. The molecular weight excluding hydrogens is 461 g/mol. The summed E-state index contributed by atoms with van der Waals surface area (Å²) in [6.07, 6.45) is 2.51. The highest BCUT2D eigenvalue weighted by molar-refractivity contribution is 5.93. The molecule has 1 aromatic heterocycles. The normalized spacial score (nSPS) is 15.3. The van der Waals surface area contributed by atoms with E-state index in [0.29, 0.717) is 47.5 Å². The molecule has 36 heavy (non-hydrogen) atoms. The number of carbonyl (C=O) groups excluding carboxylic acids is 1. The molecule has 0 aliphatic carbocycles. The van der Waals surface area contributed by atoms with Gasteiger partial charge in [-0.3, -0.25) is 9.59 Å². The zero-order valence-corrected chi connectivity index (χ0v) is 19.8. The van der Waals surface area contributed by atoms with Gasteiger partial charge in [0.25, 0.3) is 11.5 Å². The number of likely N-dealkylation sites (tertiary alicyclic amines) is 1. The van der Waals surface area contributed by atoms with Crippen molar-refractivity contribution in [1.29, 1.82) is 0 Å². The molecule has 3 aromatic rings. The Morgan fingerprint density at radius 1 is 1.28 bits per heavy atom. The second kappa shape index (κ2) is 10.8. The van der Waals surface area contributed by atoms with Crippen LogP contribution in [0.25, 0.3) is 5.57 Å². The van der Waals surface area contributed by atoms with Crippen LogP contribution >= 0.6 is 0 Å². The minimum Gasteiger partial charge on any atom is -0.454 e. The lowest BCUT2D eigenvalue weighted by Crippen LogP contribution is -2.28. The summed E-state index contributed by atoms with van der Waals surface area (Å²) in [7, 11) is 0. The van der Waals surface area contributed by atoms with Gasteiger partial charge in [-0.05, 0) is 61.4 Å². The molecule has 0 unspecified atom stereocenters. The predicted octanol–water partition coefficient (Wildman–Crippen LogP) is 3.05. The fourth-order valence-corrected chi connectivity index (χ4v) is 4.34. The summed E-state index contributed by atoms with van der Waals surface area (Å²) in [4.78, 5) is 26.7. The Morgan fingerprint density at radius 3 is 2.72 bits per heavy atom. The number of nitrogens with zero attached hydrogens (tertiary/aromatic N) is 2. The number of hydrogen-bond donors (Lipinski definition) is 3. The zero-order valence-electron chi connectivity index (χ0n) is 19.8. The van der Waals surface area contributed by atoms with Gasteiger partial charge in [0.2, 0.25) is 0 Å². The van der Waals surface area contributed by atoms with Gasteiger partial charge in [0.15, 0.2) is 17.4 Å². The van der Waals surface area contributed by atoms with Crippen molar-refractivity contribution in [2.24, 2.45) is 11.7 Å². The Balaban J connectivity index is 1.60. The van der Waals surface area contributed by atoms with Crippen LogP contribution in [0.2, 0.25) is 0 Å². The number of para-hydroxylation sites is 1. The first-order chi connectivity index (χ1) is 17.4. The van der Waals surface area contributed by atoms with E-state index in [1.165, 1.54) is 18.3 Å². The van der Waals surface area contributed by atoms with Crippen LogP contribution in [0.4, 0.5) is 10.2 Å². The number of aromatic nitrogens is 2. The van der Waals surface area contributed by atoms with Gasteiger partial charge in [-0.1, -0.05) is 30.2 Å². The summed E-state index contributed by atoms with van der Waals surface area (Å²) >= 11 is 0. The van der Waals surface area contributed by atoms with E-state index in [4.69, 9.17) is 16.2 Å². The summed E-state index contributed by atoms with van der Waals surface area (Å²) in [5.74, 6) is 5.24. The Morgan fingerprint density at radius 2 is 2.03 bits per heavy atom. The number of amides is 1. The molecule has 2 aromatic carbocycles. The summed E-state index contributed by atoms with van der Waals surface area (Å²) in [5.41, 5.74) is 14.0. The minimum absolute atomic E-state index is 0.0600. The highest BCUT2D eigenvalue weighted by atomic mass is 19.1. The molecule has 1 fully saturated rings. The molecule has 1 aliphatic rings. The molecule has 0 radical (unpaired) electrons. The topological polar surface area (TPSA) is 127 Å². The molecule has 2 heterocycles. The highest BCUT2D eigenvalue weighted by Crippen LogP contribution is 2.32. The molecular formula is C27H26FN5O3. The summed E-state index contributed by atoms with van der Waals surface area (Å²) < 4.78 is 19.6. The Kier molecular flexibility index (Phi) is 7.35. The van der Waals surface area contributed by atoms with Crippen molar-refractivity contribution in [3.8, 4) is 23.3 Å². The number of benzene rings is 2. The Bertz CT molecular complexity index is 1420. The third kappa shape index (κ3) is 5.23. The van der Waals surface area contributed by atoms with Gasteiger partial charge in [0.1, 0.15) is 5.75 Å². The number of nitrogens with one attached hydrogen (secondary N) is 1. The molecule has 184 valence electrons. The lowest BCUT2D eigenvalue weighted by molar-refractivity contribution is -0.124. The van der Waals surface area contributed by atoms with Crippen LogP contribution < -0.4 is 21.8 Å². The van der Waals surface area contributed by atoms with Gasteiger partial charge in [-0.25, -0.2) is 9.49 Å². The lowest BCUT2D eigenvalue weighted by Gasteiger charge is -2.17. The summed E-state index contributed by atoms with van der Waals surface area (Å²) in [5, 5.41) is 6.41. The monoisotopic (exact) mass is 487 g/mol. The van der Waals surface area contributed by atoms with Crippen LogP contribution in [0.15, 0.2) is 59.5 Å². The summed E-state index contributed by atoms with van der Waals surface area (Å²) in [6.45, 7) is 2.70. The molecule has 9 heteroatoms. The predicted molar refractivity (Wildman–Crippen MR) is 135 cm³/mol. The van der Waals surface area contributed by atoms with Crippen molar-refractivity contribution in [2.45, 2.75) is 19.8 Å². The molecule has 0 bridgehead atoms. The van der Waals surface area contributed by atoms with Gasteiger partial charge in [0.05, 0.1) is 0 Å². The second-order valence-electron chi connectivity index (χ2n) is 8.41. The van der Waals surface area contributed by atoms with E-state index in [0.717, 1.165) is 6.42 Å². The van der Waals surface area contributed by atoms with Crippen molar-refractivity contribution in [2.75, 3.05) is 18.8 Å². The van der Waals surface area contributed by atoms with Gasteiger partial charge < -0.3 is 21.1 Å². The molecule has 8 nitrogen and oxygen atoms in total. The van der Waals surface area contributed by atoms with Crippen molar-refractivity contribution in [1.82, 2.24) is 15.1 Å². The van der Waals surface area contributed by atoms with Crippen LogP contribution in [0.1, 0.15) is 30.0 Å². The van der Waals surface area contributed by atoms with E-state index in [9.17, 15) is 14.0 Å². The van der Waals surface area contributed by atoms with Crippen molar-refractivity contribution >= 4 is 17.3 Å². The van der Waals surface area contributed by atoms with Gasteiger partial charge in [0, 0.05) is 36.0 Å². The fourth-order valence-electron chi connectivity index (χ4n) is 4.34. The Labute approximate surface area is 207 Å². The van der Waals surface area contributed by atoms with Gasteiger partial charge >= 0.3 is 0 Å². The number of anilines is 1. The van der Waals surface area contributed by atoms with Crippen LogP contribution in [0.5, 0.6) is 11.5 Å². The quantitative estimate of drug-likeness (QED) is 0.459. The highest BCUT2D eigenvalue weighted by Gasteiger charge is 2.28. The molecule has 1 amide bonds. The standard InChI is InChI=1S/C27H26FN5O3/c1-2-5-24(34)33-13-12-17(16-33)14-20-25(26(30)31-32-27(20)35)21(15-29)18-8-10-19(11-9-18)36-23-7-4-3-6-22(23)28/h3-4,6-11,15,17H,12-14,16,29H2,1H3,(H2,30,31)(H,32,35)/b21-15-/t17-/m1/s1. The number of rotatable bonds is 6. The smallest absolute Gasteiger partial charge is 0.298 e. The SMILES string of the molecule is CC#CC(=O)N1CC[C@H](Cc2c(/C(=C\N)c3ccc(Oc4ccccc4F)cc3)c(N)n[nH]c2=O)C1. The molecule has 5 N–H and O–H groups in total. The zero-order chi connectivity index (χ0) is 25.7. The maximum atomic E-state index is 13.9. The minimum atomic E-state index is -0.468. The fraction of sp³-hybridized carbons (Fsp3) is 0.222. The number of nitrogen functional groups attached to an aromatic ring is 1. The molecule has 1 atom stereocenters. The lowest BCUT2D eigenvalue weighted by atomic mass is 9.90. The molecule has 1 aliphatic heterocycles. The Hall–Kier alpha value is -4.58. The number of nitrogens with two attached hydrogens (primary N) is 2. The number of carbonyl (C=O) groups is 1. The molecule has 4 rings (SSSR count). The van der Waals surface area contributed by atoms with E-state index in [1.807, 2.05) is 0 Å².